The van der Waals surface area contributed by atoms with E-state index in [0.29, 0.717) is 17.7 Å². The summed E-state index contributed by atoms with van der Waals surface area (Å²) in [5.74, 6) is -0.858. The first-order chi connectivity index (χ1) is 10.2. The van der Waals surface area contributed by atoms with Crippen molar-refractivity contribution in [2.24, 2.45) is 0 Å². The van der Waals surface area contributed by atoms with Crippen LogP contribution in [0.3, 0.4) is 0 Å². The molecular formula is C15H11F3O4. The molecule has 2 rings (SSSR count). The van der Waals surface area contributed by atoms with Gasteiger partial charge >= 0.3 is 18.6 Å². The molecule has 0 aliphatic carbocycles. The van der Waals surface area contributed by atoms with Gasteiger partial charge in [0.1, 0.15) is 0 Å². The molecule has 116 valence electrons. The SMILES string of the molecule is CC(O)(c1ccc2cc(C(=O)OC=O)ccc2c1)C(F)(F)F. The molecule has 7 heteroatoms. The Bertz CT molecular complexity index is 735. The van der Waals surface area contributed by atoms with Crippen molar-refractivity contribution in [1.29, 1.82) is 0 Å². The van der Waals surface area contributed by atoms with E-state index in [-0.39, 0.29) is 17.6 Å². The van der Waals surface area contributed by atoms with E-state index >= 15 is 0 Å². The number of aliphatic hydroxyl groups is 1. The minimum atomic E-state index is -4.81. The minimum absolute atomic E-state index is 0.00381. The van der Waals surface area contributed by atoms with Gasteiger partial charge in [-0.3, -0.25) is 4.79 Å². The van der Waals surface area contributed by atoms with Crippen LogP contribution in [-0.4, -0.2) is 23.7 Å². The number of carbonyl (C=O) groups is 2. The summed E-state index contributed by atoms with van der Waals surface area (Å²) in [5.41, 5.74) is -3.19. The minimum Gasteiger partial charge on any atom is -0.392 e. The molecule has 1 atom stereocenters. The molecule has 0 aromatic heterocycles. The van der Waals surface area contributed by atoms with Crippen LogP contribution in [0.4, 0.5) is 13.2 Å². The van der Waals surface area contributed by atoms with E-state index in [1.54, 1.807) is 0 Å². The maximum Gasteiger partial charge on any atom is 0.421 e. The normalized spacial score (nSPS) is 14.4. The summed E-state index contributed by atoms with van der Waals surface area (Å²) >= 11 is 0. The van der Waals surface area contributed by atoms with Gasteiger partial charge in [0.25, 0.3) is 0 Å². The van der Waals surface area contributed by atoms with Crippen molar-refractivity contribution >= 4 is 23.2 Å². The molecule has 4 nitrogen and oxygen atoms in total. The summed E-state index contributed by atoms with van der Waals surface area (Å²) in [6.45, 7) is 0.667. The van der Waals surface area contributed by atoms with Crippen LogP contribution in [0.25, 0.3) is 10.8 Å². The zero-order valence-electron chi connectivity index (χ0n) is 11.3. The number of rotatable bonds is 3. The van der Waals surface area contributed by atoms with Gasteiger partial charge in [0, 0.05) is 0 Å². The fourth-order valence-electron chi connectivity index (χ4n) is 1.95. The second-order valence-corrected chi connectivity index (χ2v) is 4.85. The second kappa shape index (κ2) is 5.42. The average molecular weight is 312 g/mol. The fraction of sp³-hybridized carbons (Fsp3) is 0.200. The molecule has 22 heavy (non-hydrogen) atoms. The van der Waals surface area contributed by atoms with E-state index in [1.165, 1.54) is 30.3 Å². The zero-order chi connectivity index (χ0) is 16.5. The third-order valence-electron chi connectivity index (χ3n) is 3.35. The van der Waals surface area contributed by atoms with Crippen molar-refractivity contribution in [2.45, 2.75) is 18.7 Å². The van der Waals surface area contributed by atoms with E-state index in [2.05, 4.69) is 4.74 Å². The maximum atomic E-state index is 12.8. The van der Waals surface area contributed by atoms with Gasteiger partial charge in [0.15, 0.2) is 5.60 Å². The summed E-state index contributed by atoms with van der Waals surface area (Å²) in [6.07, 6.45) is -4.81. The number of fused-ring (bicyclic) bond motifs is 1. The van der Waals surface area contributed by atoms with Crippen molar-refractivity contribution in [2.75, 3.05) is 0 Å². The van der Waals surface area contributed by atoms with Crippen LogP contribution in [0.5, 0.6) is 0 Å². The highest BCUT2D eigenvalue weighted by Gasteiger charge is 2.51. The number of alkyl halides is 3. The standard InChI is InChI=1S/C15H11F3O4/c1-14(21,15(16,17)18)12-5-4-9-6-11(13(20)22-8-19)3-2-10(9)7-12/h2-8,21H,1H3. The Kier molecular flexibility index (Phi) is 3.93. The van der Waals surface area contributed by atoms with E-state index in [1.807, 2.05) is 0 Å². The lowest BCUT2D eigenvalue weighted by Crippen LogP contribution is -2.39. The summed E-state index contributed by atoms with van der Waals surface area (Å²) in [7, 11) is 0. The largest absolute Gasteiger partial charge is 0.421 e. The maximum absolute atomic E-state index is 12.8. The Morgan fingerprint density at radius 1 is 1.14 bits per heavy atom. The number of hydrogen-bond acceptors (Lipinski definition) is 4. The van der Waals surface area contributed by atoms with Gasteiger partial charge in [-0.05, 0) is 41.5 Å². The monoisotopic (exact) mass is 312 g/mol. The van der Waals surface area contributed by atoms with Crippen molar-refractivity contribution < 1.29 is 32.6 Å². The third kappa shape index (κ3) is 2.80. The molecule has 0 saturated heterocycles. The Balaban J connectivity index is 2.47. The second-order valence-electron chi connectivity index (χ2n) is 4.85. The molecule has 0 bridgehead atoms. The molecule has 0 fully saturated rings. The molecule has 0 amide bonds. The van der Waals surface area contributed by atoms with Crippen molar-refractivity contribution in [3.05, 3.63) is 47.5 Å². The molecule has 2 aromatic rings. The van der Waals surface area contributed by atoms with Gasteiger partial charge in [0.05, 0.1) is 5.56 Å². The molecule has 0 radical (unpaired) electrons. The van der Waals surface area contributed by atoms with Crippen LogP contribution >= 0.6 is 0 Å². The van der Waals surface area contributed by atoms with Gasteiger partial charge < -0.3 is 9.84 Å². The van der Waals surface area contributed by atoms with Gasteiger partial charge in [-0.25, -0.2) is 4.79 Å². The van der Waals surface area contributed by atoms with Gasteiger partial charge in [-0.2, -0.15) is 13.2 Å². The molecule has 2 aromatic carbocycles. The molecule has 0 saturated carbocycles. The van der Waals surface area contributed by atoms with E-state index in [0.717, 1.165) is 6.07 Å². The summed E-state index contributed by atoms with van der Waals surface area (Å²) in [6, 6.07) is 7.78. The smallest absolute Gasteiger partial charge is 0.392 e. The quantitative estimate of drug-likeness (QED) is 0.538. The Hall–Kier alpha value is -2.41. The molecule has 0 spiro atoms. The topological polar surface area (TPSA) is 63.6 Å². The highest BCUT2D eigenvalue weighted by molar-refractivity contribution is 5.97. The molecule has 0 heterocycles. The lowest BCUT2D eigenvalue weighted by molar-refractivity contribution is -0.258. The highest BCUT2D eigenvalue weighted by Crippen LogP contribution is 2.39. The Morgan fingerprint density at radius 3 is 2.32 bits per heavy atom. The Labute approximate surface area is 123 Å². The third-order valence-corrected chi connectivity index (χ3v) is 3.35. The van der Waals surface area contributed by atoms with E-state index in [4.69, 9.17) is 0 Å². The fourth-order valence-corrected chi connectivity index (χ4v) is 1.95. The summed E-state index contributed by atoms with van der Waals surface area (Å²) < 4.78 is 42.7. The van der Waals surface area contributed by atoms with Crippen molar-refractivity contribution in [1.82, 2.24) is 0 Å². The van der Waals surface area contributed by atoms with Crippen LogP contribution in [0.2, 0.25) is 0 Å². The molecular weight excluding hydrogens is 301 g/mol. The lowest BCUT2D eigenvalue weighted by atomic mass is 9.92. The van der Waals surface area contributed by atoms with Crippen LogP contribution < -0.4 is 0 Å². The molecule has 0 aliphatic heterocycles. The number of esters is 1. The number of ether oxygens (including phenoxy) is 1. The zero-order valence-corrected chi connectivity index (χ0v) is 11.3. The number of benzene rings is 2. The first kappa shape index (κ1) is 16.0. The predicted molar refractivity (Wildman–Crippen MR) is 71.1 cm³/mol. The summed E-state index contributed by atoms with van der Waals surface area (Å²) in [4.78, 5) is 21.5. The van der Waals surface area contributed by atoms with Crippen molar-refractivity contribution in [3.8, 4) is 0 Å². The van der Waals surface area contributed by atoms with Gasteiger partial charge in [-0.1, -0.05) is 18.2 Å². The van der Waals surface area contributed by atoms with Crippen LogP contribution in [-0.2, 0) is 15.1 Å². The van der Waals surface area contributed by atoms with E-state index in [9.17, 15) is 27.9 Å². The number of hydrogen-bond donors (Lipinski definition) is 1. The molecule has 1 N–H and O–H groups in total. The highest BCUT2D eigenvalue weighted by atomic mass is 19.4. The van der Waals surface area contributed by atoms with Crippen LogP contribution in [0, 0.1) is 0 Å². The molecule has 1 unspecified atom stereocenters. The van der Waals surface area contributed by atoms with Crippen LogP contribution in [0.1, 0.15) is 22.8 Å². The van der Waals surface area contributed by atoms with Crippen molar-refractivity contribution in [3.63, 3.8) is 0 Å². The van der Waals surface area contributed by atoms with Crippen LogP contribution in [0.15, 0.2) is 36.4 Å². The van der Waals surface area contributed by atoms with Gasteiger partial charge in [-0.15, -0.1) is 0 Å². The first-order valence-electron chi connectivity index (χ1n) is 6.15. The summed E-state index contributed by atoms with van der Waals surface area (Å²) in [5, 5.41) is 10.5. The first-order valence-corrected chi connectivity index (χ1v) is 6.15. The van der Waals surface area contributed by atoms with Gasteiger partial charge in [0.2, 0.25) is 0 Å². The predicted octanol–water partition coefficient (Wildman–Crippen LogP) is 2.92. The molecule has 0 aliphatic rings. The number of halogens is 3. The number of carbonyl (C=O) groups excluding carboxylic acids is 2. The lowest BCUT2D eigenvalue weighted by Gasteiger charge is -2.26. The Morgan fingerprint density at radius 2 is 1.73 bits per heavy atom. The average Bonchev–Trinajstić information content (AvgIpc) is 2.45. The van der Waals surface area contributed by atoms with E-state index < -0.39 is 17.7 Å².